The minimum absolute atomic E-state index is 0.0723. The molecule has 6 rings (SSSR count). The van der Waals surface area contributed by atoms with Crippen LogP contribution in [-0.4, -0.2) is 44.0 Å². The maximum absolute atomic E-state index is 14.5. The molecule has 3 aliphatic rings. The van der Waals surface area contributed by atoms with Gasteiger partial charge in [0.1, 0.15) is 34.2 Å². The summed E-state index contributed by atoms with van der Waals surface area (Å²) in [4.78, 5) is 40.6. The van der Waals surface area contributed by atoms with Crippen LogP contribution in [0.4, 0.5) is 0 Å². The number of benzene rings is 3. The lowest BCUT2D eigenvalue weighted by molar-refractivity contribution is -0.135. The van der Waals surface area contributed by atoms with E-state index in [4.69, 9.17) is 18.9 Å². The number of allylic oxidation sites excluding steroid dienone is 6. The zero-order chi connectivity index (χ0) is 27.5. The van der Waals surface area contributed by atoms with Gasteiger partial charge in [0.05, 0.1) is 21.3 Å². The summed E-state index contributed by atoms with van der Waals surface area (Å²) < 4.78 is 22.5. The molecule has 8 heteroatoms. The van der Waals surface area contributed by atoms with Gasteiger partial charge in [-0.25, -0.2) is 4.79 Å². The highest BCUT2D eigenvalue weighted by atomic mass is 16.5. The van der Waals surface area contributed by atoms with Crippen molar-refractivity contribution < 1.29 is 38.4 Å². The van der Waals surface area contributed by atoms with Gasteiger partial charge in [0.2, 0.25) is 0 Å². The number of carbonyl (C=O) groups excluding carboxylic acids is 3. The second-order valence-corrected chi connectivity index (χ2v) is 9.22. The van der Waals surface area contributed by atoms with Crippen LogP contribution in [0.25, 0.3) is 5.57 Å². The molecule has 0 saturated heterocycles. The van der Waals surface area contributed by atoms with Gasteiger partial charge in [0, 0.05) is 34.4 Å². The Balaban J connectivity index is 1.86. The van der Waals surface area contributed by atoms with E-state index in [1.807, 2.05) is 0 Å². The second kappa shape index (κ2) is 8.73. The fourth-order valence-electron chi connectivity index (χ4n) is 5.60. The predicted molar refractivity (Wildman–Crippen MR) is 141 cm³/mol. The van der Waals surface area contributed by atoms with E-state index in [2.05, 4.69) is 0 Å². The predicted octanol–water partition coefficient (Wildman–Crippen LogP) is 4.32. The van der Waals surface area contributed by atoms with Crippen LogP contribution in [-0.2, 0) is 15.0 Å². The highest BCUT2D eigenvalue weighted by molar-refractivity contribution is 6.34. The smallest absolute Gasteiger partial charge is 0.331 e. The number of hydrogen-bond acceptors (Lipinski definition) is 8. The first-order valence-corrected chi connectivity index (χ1v) is 12.0. The first kappa shape index (κ1) is 24.2. The number of rotatable bonds is 4. The van der Waals surface area contributed by atoms with Crippen molar-refractivity contribution in [3.63, 3.8) is 0 Å². The Kier molecular flexibility index (Phi) is 5.43. The molecule has 3 aromatic carbocycles. The fourth-order valence-corrected chi connectivity index (χ4v) is 5.60. The third-order valence-corrected chi connectivity index (χ3v) is 7.29. The summed E-state index contributed by atoms with van der Waals surface area (Å²) in [5, 5.41) is 10.6. The first-order chi connectivity index (χ1) is 18.8. The molecule has 0 unspecified atom stereocenters. The molecule has 39 heavy (non-hydrogen) atoms. The maximum atomic E-state index is 14.5. The number of esters is 1. The van der Waals surface area contributed by atoms with Gasteiger partial charge in [-0.3, -0.25) is 9.59 Å². The molecule has 0 aromatic heterocycles. The molecule has 3 aromatic rings. The van der Waals surface area contributed by atoms with Crippen LogP contribution in [0, 0.1) is 0 Å². The van der Waals surface area contributed by atoms with Crippen LogP contribution in [0.2, 0.25) is 0 Å². The highest BCUT2D eigenvalue weighted by Gasteiger charge is 2.58. The average molecular weight is 523 g/mol. The number of phenolic OH excluding ortho intramolecular Hbond substituents is 1. The van der Waals surface area contributed by atoms with Gasteiger partial charge >= 0.3 is 5.97 Å². The molecule has 8 nitrogen and oxygen atoms in total. The largest absolute Gasteiger partial charge is 0.508 e. The molecule has 1 N–H and O–H groups in total. The van der Waals surface area contributed by atoms with E-state index in [1.54, 1.807) is 48.6 Å². The molecule has 0 bridgehead atoms. The number of Topliss-reactive ketones (excluding diaryl/α,β-unsaturated/α-hetero) is 1. The Morgan fingerprint density at radius 3 is 2.13 bits per heavy atom. The van der Waals surface area contributed by atoms with E-state index in [0.717, 1.165) is 0 Å². The van der Waals surface area contributed by atoms with Crippen molar-refractivity contribution in [2.24, 2.45) is 0 Å². The van der Waals surface area contributed by atoms with Crippen molar-refractivity contribution in [3.8, 4) is 28.7 Å². The summed E-state index contributed by atoms with van der Waals surface area (Å²) in [6, 6.07) is 12.9. The van der Waals surface area contributed by atoms with Crippen molar-refractivity contribution in [3.05, 3.63) is 106 Å². The molecule has 0 spiro atoms. The van der Waals surface area contributed by atoms with E-state index in [-0.39, 0.29) is 34.2 Å². The molecule has 2 aliphatic carbocycles. The Morgan fingerprint density at radius 2 is 1.49 bits per heavy atom. The Labute approximate surface area is 223 Å². The zero-order valence-electron chi connectivity index (χ0n) is 21.2. The number of methoxy groups -OCH3 is 3. The third kappa shape index (κ3) is 3.34. The van der Waals surface area contributed by atoms with E-state index >= 15 is 0 Å². The van der Waals surface area contributed by atoms with E-state index in [1.165, 1.54) is 45.6 Å². The van der Waals surface area contributed by atoms with Crippen molar-refractivity contribution in [1.29, 1.82) is 0 Å². The monoisotopic (exact) mass is 522 g/mol. The molecule has 194 valence electrons. The summed E-state index contributed by atoms with van der Waals surface area (Å²) in [5.74, 6) is -0.267. The van der Waals surface area contributed by atoms with Crippen LogP contribution in [0.15, 0.2) is 78.4 Å². The molecular weight excluding hydrogens is 500 g/mol. The van der Waals surface area contributed by atoms with E-state index in [9.17, 15) is 19.5 Å². The molecular formula is C31H22O8. The summed E-state index contributed by atoms with van der Waals surface area (Å²) in [6.45, 7) is 0. The SMILES string of the molecule is COc1ccc([C@]23C(=O)Oc4cc(O)cc(c42)C(=O)C(=C2C=CC(=O)C=C2)c2c(OC)cc(OC)cc23)cc1. The zero-order valence-corrected chi connectivity index (χ0v) is 21.2. The number of hydrogen-bond donors (Lipinski definition) is 1. The molecule has 0 amide bonds. The summed E-state index contributed by atoms with van der Waals surface area (Å²) in [6.07, 6.45) is 5.83. The Hall–Kier alpha value is -5.11. The van der Waals surface area contributed by atoms with Gasteiger partial charge in [-0.2, -0.15) is 0 Å². The maximum Gasteiger partial charge on any atom is 0.331 e. The number of ether oxygens (including phenoxy) is 4. The van der Waals surface area contributed by atoms with Gasteiger partial charge in [-0.15, -0.1) is 0 Å². The molecule has 0 saturated carbocycles. The van der Waals surface area contributed by atoms with Gasteiger partial charge in [-0.05, 0) is 53.1 Å². The number of ketones is 2. The highest BCUT2D eigenvalue weighted by Crippen LogP contribution is 2.58. The number of phenols is 1. The Bertz CT molecular complexity index is 1670. The standard InChI is InChI=1S/C31H22O8/c1-36-20-10-6-17(7-11-20)31-23-14-21(37-2)15-24(38-3)27(23)26(16-4-8-18(32)9-5-16)29(34)22-12-19(33)13-25(28(22)31)39-30(31)35/h4-15,33H,1-3H3/t31-/m1/s1. The fraction of sp³-hybridized carbons (Fsp3) is 0.129. The number of fused-ring (bicyclic) bond motifs is 2. The summed E-state index contributed by atoms with van der Waals surface area (Å²) in [5.41, 5.74) is 0.659. The minimum atomic E-state index is -1.63. The van der Waals surface area contributed by atoms with Crippen molar-refractivity contribution >= 4 is 23.1 Å². The topological polar surface area (TPSA) is 108 Å². The van der Waals surface area contributed by atoms with Gasteiger partial charge in [-0.1, -0.05) is 24.3 Å². The summed E-state index contributed by atoms with van der Waals surface area (Å²) in [7, 11) is 4.49. The minimum Gasteiger partial charge on any atom is -0.508 e. The van der Waals surface area contributed by atoms with Crippen LogP contribution in [0.5, 0.6) is 28.7 Å². The van der Waals surface area contributed by atoms with Crippen LogP contribution in [0.1, 0.15) is 32.6 Å². The first-order valence-electron chi connectivity index (χ1n) is 12.0. The summed E-state index contributed by atoms with van der Waals surface area (Å²) >= 11 is 0. The second-order valence-electron chi connectivity index (χ2n) is 9.22. The quantitative estimate of drug-likeness (QED) is 0.307. The van der Waals surface area contributed by atoms with Crippen molar-refractivity contribution in [2.45, 2.75) is 5.41 Å². The van der Waals surface area contributed by atoms with E-state index in [0.29, 0.717) is 39.3 Å². The van der Waals surface area contributed by atoms with Gasteiger partial charge < -0.3 is 24.1 Å². The lowest BCUT2D eigenvalue weighted by atomic mass is 9.68. The Morgan fingerprint density at radius 1 is 0.795 bits per heavy atom. The molecule has 0 radical (unpaired) electrons. The van der Waals surface area contributed by atoms with Crippen LogP contribution >= 0.6 is 0 Å². The third-order valence-electron chi connectivity index (χ3n) is 7.29. The normalized spacial score (nSPS) is 18.9. The lowest BCUT2D eigenvalue weighted by Crippen LogP contribution is -2.37. The molecule has 1 heterocycles. The van der Waals surface area contributed by atoms with Gasteiger partial charge in [0.25, 0.3) is 0 Å². The number of carbonyl (C=O) groups is 3. The van der Waals surface area contributed by atoms with Crippen LogP contribution in [0.3, 0.4) is 0 Å². The van der Waals surface area contributed by atoms with Gasteiger partial charge in [0.15, 0.2) is 11.6 Å². The molecule has 1 atom stereocenters. The average Bonchev–Trinajstić information content (AvgIpc) is 3.20. The van der Waals surface area contributed by atoms with Crippen LogP contribution < -0.4 is 18.9 Å². The number of aromatic hydroxyl groups is 1. The molecule has 0 fully saturated rings. The van der Waals surface area contributed by atoms with Crippen molar-refractivity contribution in [2.75, 3.05) is 21.3 Å². The lowest BCUT2D eigenvalue weighted by Gasteiger charge is -2.30. The van der Waals surface area contributed by atoms with Crippen molar-refractivity contribution in [1.82, 2.24) is 0 Å². The van der Waals surface area contributed by atoms with E-state index < -0.39 is 17.2 Å². The molecule has 1 aliphatic heterocycles.